The summed E-state index contributed by atoms with van der Waals surface area (Å²) in [4.78, 5) is 0. The van der Waals surface area contributed by atoms with Crippen molar-refractivity contribution in [2.24, 2.45) is 5.92 Å². The average molecular weight is 156 g/mol. The lowest BCUT2D eigenvalue weighted by Crippen LogP contribution is -2.21. The number of rotatable bonds is 3. The Morgan fingerprint density at radius 3 is 2.82 bits per heavy atom. The highest BCUT2D eigenvalue weighted by atomic mass is 16.5. The zero-order valence-electron chi connectivity index (χ0n) is 7.67. The van der Waals surface area contributed by atoms with Crippen LogP contribution in [0.25, 0.3) is 0 Å². The van der Waals surface area contributed by atoms with Crippen molar-refractivity contribution in [1.82, 2.24) is 0 Å². The minimum absolute atomic E-state index is 0.338. The Kier molecular flexibility index (Phi) is 3.40. The molecule has 1 aliphatic rings. The molecule has 0 bridgehead atoms. The molecule has 2 nitrogen and oxygen atoms in total. The molecule has 1 unspecified atom stereocenters. The Morgan fingerprint density at radius 2 is 2.36 bits per heavy atom. The van der Waals surface area contributed by atoms with E-state index in [4.69, 9.17) is 9.47 Å². The van der Waals surface area contributed by atoms with Gasteiger partial charge in [0.1, 0.15) is 7.85 Å². The highest BCUT2D eigenvalue weighted by molar-refractivity contribution is 6.11. The largest absolute Gasteiger partial charge is 0.381 e. The molecule has 0 aromatic carbocycles. The van der Waals surface area contributed by atoms with Crippen LogP contribution in [-0.4, -0.2) is 33.2 Å². The van der Waals surface area contributed by atoms with Crippen molar-refractivity contribution in [3.8, 4) is 0 Å². The van der Waals surface area contributed by atoms with Gasteiger partial charge in [-0.25, -0.2) is 0 Å². The topological polar surface area (TPSA) is 18.5 Å². The molecule has 0 saturated carbocycles. The molecule has 0 N–H and O–H groups in total. The number of hydrogen-bond donors (Lipinski definition) is 0. The highest BCUT2D eigenvalue weighted by Gasteiger charge is 2.28. The molecule has 64 valence electrons. The first-order chi connectivity index (χ1) is 5.24. The summed E-state index contributed by atoms with van der Waals surface area (Å²) in [5.41, 5.74) is 0. The minimum atomic E-state index is 0.338. The van der Waals surface area contributed by atoms with Gasteiger partial charge in [0.15, 0.2) is 0 Å². The molecular formula is C8H17BO2. The van der Waals surface area contributed by atoms with Gasteiger partial charge in [-0.3, -0.25) is 0 Å². The van der Waals surface area contributed by atoms with Crippen LogP contribution in [0.2, 0.25) is 0 Å². The van der Waals surface area contributed by atoms with Gasteiger partial charge >= 0.3 is 0 Å². The predicted octanol–water partition coefficient (Wildman–Crippen LogP) is 0.407. The lowest BCUT2D eigenvalue weighted by Gasteiger charge is -2.14. The second-order valence-corrected chi connectivity index (χ2v) is 3.36. The summed E-state index contributed by atoms with van der Waals surface area (Å²) in [6.07, 6.45) is 1.52. The molecular weight excluding hydrogens is 139 g/mol. The van der Waals surface area contributed by atoms with E-state index in [-0.39, 0.29) is 0 Å². The first kappa shape index (κ1) is 9.08. The minimum Gasteiger partial charge on any atom is -0.381 e. The molecule has 0 amide bonds. The Morgan fingerprint density at radius 1 is 1.64 bits per heavy atom. The van der Waals surface area contributed by atoms with Crippen LogP contribution in [0.1, 0.15) is 20.3 Å². The Bertz CT molecular complexity index is 119. The molecule has 0 aliphatic carbocycles. The Hall–Kier alpha value is -0.0151. The van der Waals surface area contributed by atoms with E-state index in [0.29, 0.717) is 18.0 Å². The van der Waals surface area contributed by atoms with E-state index >= 15 is 0 Å². The monoisotopic (exact) mass is 156 g/mol. The zero-order chi connectivity index (χ0) is 8.27. The molecule has 1 saturated heterocycles. The van der Waals surface area contributed by atoms with Crippen molar-refractivity contribution in [3.05, 3.63) is 0 Å². The van der Waals surface area contributed by atoms with Gasteiger partial charge < -0.3 is 9.47 Å². The van der Waals surface area contributed by atoms with Crippen LogP contribution in [0.3, 0.4) is 0 Å². The van der Waals surface area contributed by atoms with E-state index in [0.717, 1.165) is 13.2 Å². The lowest BCUT2D eigenvalue weighted by atomic mass is 9.92. The predicted molar refractivity (Wildman–Crippen MR) is 47.5 cm³/mol. The molecule has 11 heavy (non-hydrogen) atoms. The van der Waals surface area contributed by atoms with Gasteiger partial charge in [0.25, 0.3) is 0 Å². The van der Waals surface area contributed by atoms with Crippen molar-refractivity contribution >= 4 is 7.85 Å². The van der Waals surface area contributed by atoms with Crippen molar-refractivity contribution in [1.29, 1.82) is 0 Å². The third-order valence-electron chi connectivity index (χ3n) is 2.23. The van der Waals surface area contributed by atoms with Gasteiger partial charge in [0.05, 0.1) is 12.7 Å². The lowest BCUT2D eigenvalue weighted by molar-refractivity contribution is -0.00135. The standard InChI is InChI=1S/C8H17BO2/c1-3-10-5-7-6(2)4-8(9)11-7/h6-8H,3-5,9H2,1-2H3/t6?,7-,8-/m1/s1. The molecule has 1 heterocycles. The highest BCUT2D eigenvalue weighted by Crippen LogP contribution is 2.24. The van der Waals surface area contributed by atoms with Crippen molar-refractivity contribution in [2.75, 3.05) is 13.2 Å². The fourth-order valence-electron chi connectivity index (χ4n) is 1.60. The molecule has 1 fully saturated rings. The van der Waals surface area contributed by atoms with Crippen molar-refractivity contribution in [2.45, 2.75) is 32.4 Å². The first-order valence-electron chi connectivity index (χ1n) is 4.47. The van der Waals surface area contributed by atoms with E-state index in [1.165, 1.54) is 6.42 Å². The van der Waals surface area contributed by atoms with E-state index in [1.54, 1.807) is 0 Å². The SMILES string of the molecule is B[C@H]1CC(C)[C@@H](COCC)O1. The quantitative estimate of drug-likeness (QED) is 0.551. The van der Waals surface area contributed by atoms with Crippen LogP contribution in [0, 0.1) is 5.92 Å². The summed E-state index contributed by atoms with van der Waals surface area (Å²) in [7, 11) is 2.13. The van der Waals surface area contributed by atoms with E-state index < -0.39 is 0 Å². The normalized spacial score (nSPS) is 37.8. The summed E-state index contributed by atoms with van der Waals surface area (Å²) in [6, 6.07) is 0.426. The molecule has 1 aliphatic heterocycles. The fourth-order valence-corrected chi connectivity index (χ4v) is 1.60. The van der Waals surface area contributed by atoms with Crippen LogP contribution >= 0.6 is 0 Å². The second-order valence-electron chi connectivity index (χ2n) is 3.36. The fraction of sp³-hybridized carbons (Fsp3) is 1.00. The molecule has 0 radical (unpaired) electrons. The summed E-state index contributed by atoms with van der Waals surface area (Å²) in [5, 5.41) is 0. The van der Waals surface area contributed by atoms with E-state index in [9.17, 15) is 0 Å². The molecule has 3 atom stereocenters. The maximum Gasteiger partial charge on any atom is 0.139 e. The van der Waals surface area contributed by atoms with Crippen molar-refractivity contribution < 1.29 is 9.47 Å². The third kappa shape index (κ3) is 2.49. The maximum absolute atomic E-state index is 5.65. The molecule has 3 heteroatoms. The van der Waals surface area contributed by atoms with Gasteiger partial charge in [-0.15, -0.1) is 0 Å². The number of hydrogen-bond acceptors (Lipinski definition) is 2. The summed E-state index contributed by atoms with van der Waals surface area (Å²) in [5.74, 6) is 0.663. The third-order valence-corrected chi connectivity index (χ3v) is 2.23. The first-order valence-corrected chi connectivity index (χ1v) is 4.47. The van der Waals surface area contributed by atoms with Gasteiger partial charge in [0.2, 0.25) is 0 Å². The van der Waals surface area contributed by atoms with Gasteiger partial charge in [-0.2, -0.15) is 0 Å². The summed E-state index contributed by atoms with van der Waals surface area (Å²) in [6.45, 7) is 5.80. The van der Waals surface area contributed by atoms with E-state index in [1.807, 2.05) is 6.92 Å². The van der Waals surface area contributed by atoms with Gasteiger partial charge in [0, 0.05) is 12.6 Å². The Labute approximate surface area is 69.7 Å². The zero-order valence-corrected chi connectivity index (χ0v) is 7.67. The van der Waals surface area contributed by atoms with Crippen LogP contribution in [0.15, 0.2) is 0 Å². The van der Waals surface area contributed by atoms with Crippen LogP contribution in [-0.2, 0) is 9.47 Å². The van der Waals surface area contributed by atoms with Gasteiger partial charge in [-0.1, -0.05) is 6.92 Å². The molecule has 0 spiro atoms. The van der Waals surface area contributed by atoms with Crippen LogP contribution in [0.5, 0.6) is 0 Å². The second kappa shape index (κ2) is 4.12. The maximum atomic E-state index is 5.65. The van der Waals surface area contributed by atoms with Crippen LogP contribution < -0.4 is 0 Å². The summed E-state index contributed by atoms with van der Waals surface area (Å²) < 4.78 is 11.0. The summed E-state index contributed by atoms with van der Waals surface area (Å²) >= 11 is 0. The Balaban J connectivity index is 2.23. The molecule has 0 aromatic heterocycles. The average Bonchev–Trinajstić information content (AvgIpc) is 2.26. The van der Waals surface area contributed by atoms with Gasteiger partial charge in [-0.05, 0) is 19.3 Å². The molecule has 1 rings (SSSR count). The smallest absolute Gasteiger partial charge is 0.139 e. The number of ether oxygens (including phenoxy) is 2. The van der Waals surface area contributed by atoms with E-state index in [2.05, 4.69) is 14.8 Å². The van der Waals surface area contributed by atoms with Crippen molar-refractivity contribution in [3.63, 3.8) is 0 Å². The molecule has 0 aromatic rings. The van der Waals surface area contributed by atoms with Crippen LogP contribution in [0.4, 0.5) is 0 Å².